The van der Waals surface area contributed by atoms with Gasteiger partial charge in [0.2, 0.25) is 11.8 Å². The third kappa shape index (κ3) is 9.40. The first-order chi connectivity index (χ1) is 14.5. The molecule has 0 saturated carbocycles. The average molecular weight is 436 g/mol. The van der Waals surface area contributed by atoms with Crippen LogP contribution in [-0.2, 0) is 14.4 Å². The maximum absolute atomic E-state index is 12.3. The molecule has 2 aliphatic heterocycles. The van der Waals surface area contributed by atoms with E-state index in [2.05, 4.69) is 32.3 Å². The van der Waals surface area contributed by atoms with Crippen LogP contribution in [0.4, 0.5) is 0 Å². The predicted octanol–water partition coefficient (Wildman–Crippen LogP) is -0.0343. The predicted molar refractivity (Wildman–Crippen MR) is 115 cm³/mol. The number of carboxylic acids is 1. The number of likely N-dealkylation sites (tertiary alicyclic amines) is 1. The SMILES string of the molecule is CCN1CC[15N]([13CH2][13CH]2CCC[15N]2CC(=O)NCCC[13C](=O)N[13CH2][13CH2][13CH2][13C](=O)O)[13CH2][13CH2]1. The number of amides is 2. The Balaban J connectivity index is 1.55. The number of hydrogen-bond donors (Lipinski definition) is 3. The highest BCUT2D eigenvalue weighted by atomic mass is 16.5. The molecule has 9 heteroatoms. The first kappa shape index (κ1) is 24.6. The molecule has 2 aliphatic rings. The number of aliphatic carboxylic acids is 1. The second-order valence-corrected chi connectivity index (χ2v) is 8.30. The largest absolute Gasteiger partial charge is 0.481 e. The van der Waals surface area contributed by atoms with Gasteiger partial charge in [-0.25, -0.2) is 0 Å². The van der Waals surface area contributed by atoms with E-state index in [0.717, 1.165) is 58.7 Å². The first-order valence-corrected chi connectivity index (χ1v) is 11.4. The van der Waals surface area contributed by atoms with E-state index in [4.69, 9.17) is 5.11 Å². The summed E-state index contributed by atoms with van der Waals surface area (Å²) in [5, 5.41) is 14.2. The fourth-order valence-corrected chi connectivity index (χ4v) is 4.17. The summed E-state index contributed by atoms with van der Waals surface area (Å²) in [5.41, 5.74) is 0. The molecule has 2 heterocycles. The minimum Gasteiger partial charge on any atom is -0.481 e. The summed E-state index contributed by atoms with van der Waals surface area (Å²) in [5.74, 6) is -0.928. The van der Waals surface area contributed by atoms with Crippen molar-refractivity contribution in [3.05, 3.63) is 0 Å². The highest BCUT2D eigenvalue weighted by Crippen LogP contribution is 2.18. The van der Waals surface area contributed by atoms with Gasteiger partial charge in [0.1, 0.15) is 0 Å². The van der Waals surface area contributed by atoms with Gasteiger partial charge < -0.3 is 20.6 Å². The highest BCUT2D eigenvalue weighted by Gasteiger charge is 2.28. The van der Waals surface area contributed by atoms with Gasteiger partial charge in [-0.3, -0.25) is 24.2 Å². The van der Waals surface area contributed by atoms with Gasteiger partial charge >= 0.3 is 5.97 Å². The van der Waals surface area contributed by atoms with Gasteiger partial charge in [0.15, 0.2) is 0 Å². The van der Waals surface area contributed by atoms with E-state index in [0.29, 0.717) is 44.9 Å². The topological polar surface area (TPSA) is 105 Å². The third-order valence-electron chi connectivity index (χ3n) is 6.02. The van der Waals surface area contributed by atoms with Crippen LogP contribution in [0, 0.1) is 0 Å². The standard InChI is InChI=1S/C21H39N5O4/c1-2-24-12-14-25(15-13-24)16-18-6-5-11-26(18)17-20(28)23-9-3-7-19(27)22-10-4-8-21(29)30/h18H,2-17H2,1H3,(H,22,27)(H,23,28)(H,29,30)/i4+1,8+1,10+1,12+1,14+1,16+1,18+1,19+1,21+1,25+1,26+1. The lowest BCUT2D eigenvalue weighted by atomic mass is 10.4. The lowest BCUT2D eigenvalue weighted by molar-refractivity contribution is -0.137. The molecule has 0 spiro atoms. The summed E-state index contributed by atoms with van der Waals surface area (Å²) in [4.78, 5) is 41.7. The quantitative estimate of drug-likeness (QED) is 0.211. The number of rotatable bonds is 13. The minimum absolute atomic E-state index is 0.0274. The molecule has 1 unspecified atom stereocenters. The Morgan fingerprint density at radius 3 is 2.20 bits per heavy atom. The second kappa shape index (κ2) is 13.6. The molecule has 2 saturated heterocycles. The molecule has 0 aromatic carbocycles. The van der Waals surface area contributed by atoms with Crippen LogP contribution in [0.25, 0.3) is 0 Å². The maximum atomic E-state index is 12.3. The van der Waals surface area contributed by atoms with Crippen LogP contribution < -0.4 is 10.6 Å². The molecule has 2 fully saturated rings. The monoisotopic (exact) mass is 436 g/mol. The molecule has 0 aliphatic carbocycles. The molecule has 0 radical (unpaired) electrons. The van der Waals surface area contributed by atoms with Crippen molar-refractivity contribution in [1.82, 2.24) is 25.3 Å². The lowest BCUT2D eigenvalue weighted by Crippen LogP contribution is -2.51. The number of hydrogen-bond acceptors (Lipinski definition) is 6. The van der Waals surface area contributed by atoms with Crippen molar-refractivity contribution in [2.45, 2.75) is 51.5 Å². The molecule has 1 atom stereocenters. The Morgan fingerprint density at radius 2 is 1.53 bits per heavy atom. The number of carboxylic acid groups (broad SMARTS) is 1. The normalized spacial score (nSPS) is 20.9. The number of piperazine rings is 1. The van der Waals surface area contributed by atoms with Crippen LogP contribution in [0.15, 0.2) is 0 Å². The average Bonchev–Trinajstić information content (AvgIpc) is 3.15. The van der Waals surface area contributed by atoms with E-state index < -0.39 is 5.97 Å². The van der Waals surface area contributed by atoms with Crippen LogP contribution in [0.1, 0.15) is 45.4 Å². The van der Waals surface area contributed by atoms with E-state index in [9.17, 15) is 14.4 Å². The molecule has 2 rings (SSSR count). The number of nitrogens with one attached hydrogen (secondary N) is 2. The molecular weight excluding hydrogens is 397 g/mol. The lowest BCUT2D eigenvalue weighted by Gasteiger charge is -2.37. The summed E-state index contributed by atoms with van der Waals surface area (Å²) in [6.07, 6.45) is 3.72. The van der Waals surface area contributed by atoms with Crippen LogP contribution >= 0.6 is 0 Å². The molecule has 3 N–H and O–H groups in total. The van der Waals surface area contributed by atoms with Crippen molar-refractivity contribution in [2.24, 2.45) is 0 Å². The molecule has 30 heavy (non-hydrogen) atoms. The van der Waals surface area contributed by atoms with E-state index in [1.165, 1.54) is 0 Å². The van der Waals surface area contributed by atoms with Gasteiger partial charge in [0.05, 0.1) is 6.54 Å². The Labute approximate surface area is 180 Å². The number of carbonyl (C=O) groups excluding carboxylic acids is 2. The fourth-order valence-electron chi connectivity index (χ4n) is 4.17. The van der Waals surface area contributed by atoms with Crippen LogP contribution in [0.2, 0.25) is 0 Å². The summed E-state index contributed by atoms with van der Waals surface area (Å²) in [7, 11) is 0. The molecular formula is C21H39N5O4. The van der Waals surface area contributed by atoms with Crippen LogP contribution in [-0.4, -0.2) is 109 Å². The van der Waals surface area contributed by atoms with E-state index in [-0.39, 0.29) is 18.2 Å². The zero-order valence-corrected chi connectivity index (χ0v) is 18.4. The molecule has 0 bridgehead atoms. The number of carbonyl (C=O) groups is 3. The Kier molecular flexibility index (Phi) is 11.1. The van der Waals surface area contributed by atoms with E-state index in [1.54, 1.807) is 0 Å². The van der Waals surface area contributed by atoms with Crippen molar-refractivity contribution in [2.75, 3.05) is 65.4 Å². The summed E-state index contributed by atoms with van der Waals surface area (Å²) >= 11 is 0. The Bertz CT molecular complexity index is 552. The summed E-state index contributed by atoms with van der Waals surface area (Å²) < 4.78 is 0. The van der Waals surface area contributed by atoms with Gasteiger partial charge in [-0.05, 0) is 38.8 Å². The van der Waals surface area contributed by atoms with Crippen LogP contribution in [0.5, 0.6) is 0 Å². The zero-order valence-electron chi connectivity index (χ0n) is 18.4. The molecule has 0 aromatic heterocycles. The van der Waals surface area contributed by atoms with Crippen molar-refractivity contribution >= 4 is 17.8 Å². The van der Waals surface area contributed by atoms with Crippen molar-refractivity contribution in [1.29, 1.82) is 0 Å². The van der Waals surface area contributed by atoms with Gasteiger partial charge in [-0.2, -0.15) is 0 Å². The van der Waals surface area contributed by atoms with Crippen molar-refractivity contribution in [3.63, 3.8) is 0 Å². The molecule has 9 nitrogen and oxygen atoms in total. The van der Waals surface area contributed by atoms with Gasteiger partial charge in [-0.1, -0.05) is 6.92 Å². The highest BCUT2D eigenvalue weighted by molar-refractivity contribution is 5.78. The van der Waals surface area contributed by atoms with Gasteiger partial charge in [0, 0.05) is 64.7 Å². The second-order valence-electron chi connectivity index (χ2n) is 8.30. The zero-order chi connectivity index (χ0) is 21.8. The smallest absolute Gasteiger partial charge is 0.303 e. The maximum Gasteiger partial charge on any atom is 0.303 e. The Hall–Kier alpha value is -1.71. The minimum atomic E-state index is -0.855. The van der Waals surface area contributed by atoms with Crippen LogP contribution in [0.3, 0.4) is 0 Å². The summed E-state index contributed by atoms with van der Waals surface area (Å²) in [6.45, 7) is 11.1. The summed E-state index contributed by atoms with van der Waals surface area (Å²) in [6, 6.07) is 0.459. The van der Waals surface area contributed by atoms with Crippen molar-refractivity contribution < 1.29 is 19.5 Å². The van der Waals surface area contributed by atoms with E-state index >= 15 is 0 Å². The van der Waals surface area contributed by atoms with E-state index in [1.807, 2.05) is 0 Å². The Morgan fingerprint density at radius 1 is 0.900 bits per heavy atom. The number of likely N-dealkylation sites (N-methyl/N-ethyl adjacent to an activating group) is 1. The number of nitrogens with zero attached hydrogens (tertiary/aromatic N) is 3. The third-order valence-corrected chi connectivity index (χ3v) is 6.02. The molecule has 2 amide bonds. The van der Waals surface area contributed by atoms with Crippen molar-refractivity contribution in [3.8, 4) is 0 Å². The van der Waals surface area contributed by atoms with Gasteiger partial charge in [-0.15, -0.1) is 0 Å². The first-order valence-electron chi connectivity index (χ1n) is 11.4. The van der Waals surface area contributed by atoms with Gasteiger partial charge in [0.25, 0.3) is 0 Å². The molecule has 0 aromatic rings. The fraction of sp³-hybridized carbons (Fsp3) is 0.857. The molecule has 172 valence electrons.